The van der Waals surface area contributed by atoms with Crippen molar-refractivity contribution in [2.45, 2.75) is 6.92 Å². The molecule has 0 radical (unpaired) electrons. The van der Waals surface area contributed by atoms with Crippen LogP contribution in [0.3, 0.4) is 0 Å². The lowest BCUT2D eigenvalue weighted by molar-refractivity contribution is 0.953. The second kappa shape index (κ2) is 11.6. The predicted octanol–water partition coefficient (Wildman–Crippen LogP) is 11.4. The van der Waals surface area contributed by atoms with Crippen LogP contribution in [0.5, 0.6) is 0 Å². The fourth-order valence-corrected chi connectivity index (χ4v) is 7.46. The van der Waals surface area contributed by atoms with Gasteiger partial charge in [-0.15, -0.1) is 0 Å². The van der Waals surface area contributed by atoms with E-state index in [0.717, 1.165) is 38.5 Å². The number of fused-ring (bicyclic) bond motifs is 6. The Labute approximate surface area is 294 Å². The number of hydrogen-bond acceptors (Lipinski definition) is 3. The third-order valence-electron chi connectivity index (χ3n) is 9.83. The third kappa shape index (κ3) is 4.82. The largest absolute Gasteiger partial charge is 0.309 e. The van der Waals surface area contributed by atoms with Crippen molar-refractivity contribution >= 4 is 43.6 Å². The van der Waals surface area contributed by atoms with Crippen LogP contribution in [0.25, 0.3) is 89.2 Å². The lowest BCUT2D eigenvalue weighted by Crippen LogP contribution is -2.06. The summed E-state index contributed by atoms with van der Waals surface area (Å²) in [7, 11) is 0. The van der Waals surface area contributed by atoms with Crippen LogP contribution in [0.4, 0.5) is 0 Å². The molecule has 0 aliphatic rings. The SMILES string of the molecule is Cc1cccc(-n2c3ccccc3c3cc(-c4ccc5c(c4)c4ccccc4n5-c4nc(-c5ccccc5)nc(-c5ccccc5)n4)ccc32)c1. The maximum absolute atomic E-state index is 5.09. The number of aromatic nitrogens is 5. The Bertz CT molecular complexity index is 2860. The van der Waals surface area contributed by atoms with Crippen molar-refractivity contribution in [3.8, 4) is 45.5 Å². The molecule has 3 heterocycles. The van der Waals surface area contributed by atoms with Gasteiger partial charge in [0.05, 0.1) is 22.1 Å². The summed E-state index contributed by atoms with van der Waals surface area (Å²) < 4.78 is 4.55. The van der Waals surface area contributed by atoms with Crippen LogP contribution in [0.2, 0.25) is 0 Å². The highest BCUT2D eigenvalue weighted by atomic mass is 15.2. The molecule has 10 rings (SSSR count). The Hall–Kier alpha value is -6.85. The van der Waals surface area contributed by atoms with Gasteiger partial charge in [0.25, 0.3) is 0 Å². The molecule has 5 nitrogen and oxygen atoms in total. The Kier molecular flexibility index (Phi) is 6.64. The predicted molar refractivity (Wildman–Crippen MR) is 210 cm³/mol. The Morgan fingerprint density at radius 1 is 0.353 bits per heavy atom. The number of para-hydroxylation sites is 2. The molecule has 0 aliphatic carbocycles. The molecule has 0 unspecified atom stereocenters. The van der Waals surface area contributed by atoms with Crippen molar-refractivity contribution in [2.24, 2.45) is 0 Å². The van der Waals surface area contributed by atoms with Gasteiger partial charge in [-0.25, -0.2) is 4.98 Å². The van der Waals surface area contributed by atoms with Gasteiger partial charge in [0.2, 0.25) is 5.95 Å². The summed E-state index contributed by atoms with van der Waals surface area (Å²) in [5.74, 6) is 1.87. The average Bonchev–Trinajstić information content (AvgIpc) is 3.71. The highest BCUT2D eigenvalue weighted by molar-refractivity contribution is 6.12. The Balaban J connectivity index is 1.17. The first kappa shape index (κ1) is 29.1. The van der Waals surface area contributed by atoms with Gasteiger partial charge in [0.1, 0.15) is 0 Å². The van der Waals surface area contributed by atoms with Crippen LogP contribution in [0.1, 0.15) is 5.56 Å². The van der Waals surface area contributed by atoms with E-state index < -0.39 is 0 Å². The number of nitrogens with zero attached hydrogens (tertiary/aromatic N) is 5. The molecular formula is C46H31N5. The minimum Gasteiger partial charge on any atom is -0.309 e. The topological polar surface area (TPSA) is 48.5 Å². The lowest BCUT2D eigenvalue weighted by atomic mass is 10.0. The smallest absolute Gasteiger partial charge is 0.238 e. The molecule has 3 aromatic heterocycles. The van der Waals surface area contributed by atoms with Gasteiger partial charge in [0.15, 0.2) is 11.6 Å². The van der Waals surface area contributed by atoms with Crippen molar-refractivity contribution in [3.05, 3.63) is 175 Å². The van der Waals surface area contributed by atoms with Gasteiger partial charge >= 0.3 is 0 Å². The zero-order valence-corrected chi connectivity index (χ0v) is 27.9. The molecular weight excluding hydrogens is 623 g/mol. The fourth-order valence-electron chi connectivity index (χ4n) is 7.46. The number of rotatable bonds is 5. The maximum Gasteiger partial charge on any atom is 0.238 e. The minimum atomic E-state index is 0.590. The Morgan fingerprint density at radius 3 is 1.41 bits per heavy atom. The van der Waals surface area contributed by atoms with E-state index in [9.17, 15) is 0 Å². The Morgan fingerprint density at radius 2 is 0.843 bits per heavy atom. The molecule has 0 spiro atoms. The van der Waals surface area contributed by atoms with Crippen molar-refractivity contribution in [1.82, 2.24) is 24.1 Å². The molecule has 0 aliphatic heterocycles. The summed E-state index contributed by atoms with van der Waals surface area (Å²) in [6.45, 7) is 2.15. The van der Waals surface area contributed by atoms with Gasteiger partial charge in [-0.2, -0.15) is 9.97 Å². The van der Waals surface area contributed by atoms with E-state index in [4.69, 9.17) is 15.0 Å². The van der Waals surface area contributed by atoms with Crippen LogP contribution in [0, 0.1) is 6.92 Å². The van der Waals surface area contributed by atoms with Gasteiger partial charge in [-0.3, -0.25) is 4.57 Å². The van der Waals surface area contributed by atoms with E-state index in [1.807, 2.05) is 60.7 Å². The molecule has 0 saturated carbocycles. The van der Waals surface area contributed by atoms with Gasteiger partial charge in [0, 0.05) is 38.4 Å². The van der Waals surface area contributed by atoms with Crippen molar-refractivity contribution in [2.75, 3.05) is 0 Å². The molecule has 10 aromatic rings. The summed E-state index contributed by atoms with van der Waals surface area (Å²) in [5.41, 5.74) is 11.1. The molecule has 0 saturated heterocycles. The maximum atomic E-state index is 5.09. The first-order valence-electron chi connectivity index (χ1n) is 17.2. The molecule has 0 amide bonds. The van der Waals surface area contributed by atoms with Crippen LogP contribution < -0.4 is 0 Å². The summed E-state index contributed by atoms with van der Waals surface area (Å²) in [6.07, 6.45) is 0. The van der Waals surface area contributed by atoms with Crippen LogP contribution in [-0.2, 0) is 0 Å². The normalized spacial score (nSPS) is 11.6. The zero-order valence-electron chi connectivity index (χ0n) is 27.9. The summed E-state index contributed by atoms with van der Waals surface area (Å²) in [5, 5.41) is 4.77. The first-order valence-corrected chi connectivity index (χ1v) is 17.2. The molecule has 5 heteroatoms. The van der Waals surface area contributed by atoms with E-state index >= 15 is 0 Å². The minimum absolute atomic E-state index is 0.590. The standard InChI is InChI=1S/C46H31N5/c1-30-13-12-18-35(27-30)50-40-21-10-8-19-36(40)38-28-33(23-25-42(38)50)34-24-26-43-39(29-34)37-20-9-11-22-41(37)51(43)46-48-44(31-14-4-2-5-15-31)47-45(49-46)32-16-6-3-7-17-32/h2-29H,1H3. The molecule has 0 atom stereocenters. The average molecular weight is 654 g/mol. The zero-order chi connectivity index (χ0) is 33.9. The third-order valence-corrected chi connectivity index (χ3v) is 9.83. The van der Waals surface area contributed by atoms with E-state index in [0.29, 0.717) is 17.6 Å². The molecule has 7 aromatic carbocycles. The molecule has 0 N–H and O–H groups in total. The van der Waals surface area contributed by atoms with Gasteiger partial charge < -0.3 is 4.57 Å². The van der Waals surface area contributed by atoms with Crippen molar-refractivity contribution in [3.63, 3.8) is 0 Å². The first-order chi connectivity index (χ1) is 25.2. The van der Waals surface area contributed by atoms with Crippen LogP contribution in [0.15, 0.2) is 170 Å². The van der Waals surface area contributed by atoms with E-state index in [1.54, 1.807) is 0 Å². The highest BCUT2D eigenvalue weighted by Gasteiger charge is 2.19. The second-order valence-corrected chi connectivity index (χ2v) is 13.0. The monoisotopic (exact) mass is 653 g/mol. The fraction of sp³-hybridized carbons (Fsp3) is 0.0217. The van der Waals surface area contributed by atoms with Crippen molar-refractivity contribution in [1.29, 1.82) is 0 Å². The van der Waals surface area contributed by atoms with E-state index in [1.165, 1.54) is 38.6 Å². The van der Waals surface area contributed by atoms with Gasteiger partial charge in [-0.05, 0) is 72.1 Å². The van der Waals surface area contributed by atoms with E-state index in [2.05, 4.69) is 125 Å². The van der Waals surface area contributed by atoms with Crippen LogP contribution in [-0.4, -0.2) is 24.1 Å². The summed E-state index contributed by atoms with van der Waals surface area (Å²) in [6, 6.07) is 59.8. The van der Waals surface area contributed by atoms with E-state index in [-0.39, 0.29) is 0 Å². The number of benzene rings is 7. The molecule has 0 fully saturated rings. The molecule has 240 valence electrons. The quantitative estimate of drug-likeness (QED) is 0.186. The van der Waals surface area contributed by atoms with Gasteiger partial charge in [-0.1, -0.05) is 121 Å². The number of hydrogen-bond donors (Lipinski definition) is 0. The lowest BCUT2D eigenvalue weighted by Gasteiger charge is -2.11. The molecule has 51 heavy (non-hydrogen) atoms. The molecule has 0 bridgehead atoms. The summed E-state index contributed by atoms with van der Waals surface area (Å²) >= 11 is 0. The van der Waals surface area contributed by atoms with Crippen LogP contribution >= 0.6 is 0 Å². The summed E-state index contributed by atoms with van der Waals surface area (Å²) in [4.78, 5) is 15.1. The van der Waals surface area contributed by atoms with Crippen molar-refractivity contribution < 1.29 is 0 Å². The number of aryl methyl sites for hydroxylation is 1. The highest BCUT2D eigenvalue weighted by Crippen LogP contribution is 2.38. The second-order valence-electron chi connectivity index (χ2n) is 13.0.